The first-order chi connectivity index (χ1) is 10.4. The molecule has 0 unspecified atom stereocenters. The van der Waals surface area contributed by atoms with E-state index in [1.54, 1.807) is 13.3 Å². The van der Waals surface area contributed by atoms with Crippen molar-refractivity contribution in [1.82, 2.24) is 9.55 Å². The zero-order chi connectivity index (χ0) is 14.5. The molecule has 106 valence electrons. The normalized spacial score (nSPS) is 10.5. The van der Waals surface area contributed by atoms with Crippen LogP contribution in [0.5, 0.6) is 0 Å². The molecular formula is C17H17N3O. The van der Waals surface area contributed by atoms with Crippen LogP contribution in [0.15, 0.2) is 67.0 Å². The second-order valence-corrected chi connectivity index (χ2v) is 4.67. The first kappa shape index (κ1) is 13.4. The van der Waals surface area contributed by atoms with Crippen molar-refractivity contribution in [3.8, 4) is 5.69 Å². The van der Waals surface area contributed by atoms with Gasteiger partial charge < -0.3 is 10.1 Å². The standard InChI is InChI=1S/C17H17N3O/c1-21-13-14-7-5-6-10-16(14)19-17-18-11-12-20(17)15-8-3-2-4-9-15/h2-12H,13H2,1H3,(H,18,19). The van der Waals surface area contributed by atoms with Crippen molar-refractivity contribution < 1.29 is 4.74 Å². The molecule has 0 aliphatic rings. The second-order valence-electron chi connectivity index (χ2n) is 4.67. The number of anilines is 2. The minimum absolute atomic E-state index is 0.565. The maximum atomic E-state index is 5.24. The summed E-state index contributed by atoms with van der Waals surface area (Å²) in [4.78, 5) is 4.40. The summed E-state index contributed by atoms with van der Waals surface area (Å²) in [7, 11) is 1.70. The molecule has 4 nitrogen and oxygen atoms in total. The topological polar surface area (TPSA) is 39.1 Å². The highest BCUT2D eigenvalue weighted by Gasteiger charge is 2.07. The van der Waals surface area contributed by atoms with Crippen LogP contribution >= 0.6 is 0 Å². The average molecular weight is 279 g/mol. The Morgan fingerprint density at radius 3 is 2.62 bits per heavy atom. The summed E-state index contributed by atoms with van der Waals surface area (Å²) in [5.41, 5.74) is 3.17. The summed E-state index contributed by atoms with van der Waals surface area (Å²) in [6.45, 7) is 0.565. The number of benzene rings is 2. The molecule has 0 atom stereocenters. The second kappa shape index (κ2) is 6.24. The minimum atomic E-state index is 0.565. The number of nitrogens with one attached hydrogen (secondary N) is 1. The van der Waals surface area contributed by atoms with Gasteiger partial charge in [-0.15, -0.1) is 0 Å². The van der Waals surface area contributed by atoms with E-state index < -0.39 is 0 Å². The Hall–Kier alpha value is -2.59. The maximum Gasteiger partial charge on any atom is 0.212 e. The maximum absolute atomic E-state index is 5.24. The number of aromatic nitrogens is 2. The van der Waals surface area contributed by atoms with Gasteiger partial charge in [0, 0.05) is 36.4 Å². The molecule has 3 rings (SSSR count). The Bertz CT molecular complexity index is 707. The Morgan fingerprint density at radius 2 is 1.81 bits per heavy atom. The summed E-state index contributed by atoms with van der Waals surface area (Å²) in [5, 5.41) is 3.38. The van der Waals surface area contributed by atoms with Gasteiger partial charge in [-0.2, -0.15) is 0 Å². The van der Waals surface area contributed by atoms with Crippen molar-refractivity contribution >= 4 is 11.6 Å². The fraction of sp³-hybridized carbons (Fsp3) is 0.118. The van der Waals surface area contributed by atoms with Gasteiger partial charge in [0.2, 0.25) is 5.95 Å². The molecule has 0 aliphatic heterocycles. The summed E-state index contributed by atoms with van der Waals surface area (Å²) >= 11 is 0. The summed E-state index contributed by atoms with van der Waals surface area (Å²) in [5.74, 6) is 0.782. The smallest absolute Gasteiger partial charge is 0.212 e. The third-order valence-electron chi connectivity index (χ3n) is 3.24. The minimum Gasteiger partial charge on any atom is -0.380 e. The summed E-state index contributed by atoms with van der Waals surface area (Å²) < 4.78 is 7.25. The zero-order valence-corrected chi connectivity index (χ0v) is 11.9. The first-order valence-electron chi connectivity index (χ1n) is 6.81. The van der Waals surface area contributed by atoms with E-state index in [0.29, 0.717) is 6.61 Å². The lowest BCUT2D eigenvalue weighted by molar-refractivity contribution is 0.185. The molecule has 0 fully saturated rings. The third kappa shape index (κ3) is 2.95. The lowest BCUT2D eigenvalue weighted by Crippen LogP contribution is -2.03. The fourth-order valence-corrected chi connectivity index (χ4v) is 2.24. The van der Waals surface area contributed by atoms with Crippen LogP contribution in [0, 0.1) is 0 Å². The lowest BCUT2D eigenvalue weighted by atomic mass is 10.2. The third-order valence-corrected chi connectivity index (χ3v) is 3.24. The Balaban J connectivity index is 1.92. The largest absolute Gasteiger partial charge is 0.380 e. The predicted octanol–water partition coefficient (Wildman–Crippen LogP) is 3.76. The molecule has 4 heteroatoms. The van der Waals surface area contributed by atoms with Crippen LogP contribution < -0.4 is 5.32 Å². The predicted molar refractivity (Wildman–Crippen MR) is 84.0 cm³/mol. The molecule has 0 saturated heterocycles. The number of imidazole rings is 1. The molecule has 0 amide bonds. The number of hydrogen-bond acceptors (Lipinski definition) is 3. The first-order valence-corrected chi connectivity index (χ1v) is 6.81. The van der Waals surface area contributed by atoms with Crippen molar-refractivity contribution in [1.29, 1.82) is 0 Å². The van der Waals surface area contributed by atoms with Gasteiger partial charge in [-0.05, 0) is 18.2 Å². The monoisotopic (exact) mass is 279 g/mol. The summed E-state index contributed by atoms with van der Waals surface area (Å²) in [6, 6.07) is 18.2. The van der Waals surface area contributed by atoms with Gasteiger partial charge in [-0.25, -0.2) is 4.98 Å². The van der Waals surface area contributed by atoms with Crippen molar-refractivity contribution in [3.63, 3.8) is 0 Å². The van der Waals surface area contributed by atoms with Crippen LogP contribution in [0.2, 0.25) is 0 Å². The van der Waals surface area contributed by atoms with Crippen molar-refractivity contribution in [2.45, 2.75) is 6.61 Å². The number of methoxy groups -OCH3 is 1. The SMILES string of the molecule is COCc1ccccc1Nc1nccn1-c1ccccc1. The van der Waals surface area contributed by atoms with Crippen molar-refractivity contribution in [2.75, 3.05) is 12.4 Å². The molecule has 0 spiro atoms. The van der Waals surface area contributed by atoms with Crippen LogP contribution in [-0.4, -0.2) is 16.7 Å². The Kier molecular flexibility index (Phi) is 3.98. The van der Waals surface area contributed by atoms with E-state index in [2.05, 4.69) is 10.3 Å². The molecular weight excluding hydrogens is 262 g/mol. The number of hydrogen-bond donors (Lipinski definition) is 1. The van der Waals surface area contributed by atoms with E-state index in [4.69, 9.17) is 4.74 Å². The highest BCUT2D eigenvalue weighted by molar-refractivity contribution is 5.60. The number of para-hydroxylation sites is 2. The summed E-state index contributed by atoms with van der Waals surface area (Å²) in [6.07, 6.45) is 3.73. The van der Waals surface area contributed by atoms with Gasteiger partial charge in [-0.1, -0.05) is 36.4 Å². The van der Waals surface area contributed by atoms with Gasteiger partial charge in [-0.3, -0.25) is 4.57 Å². The van der Waals surface area contributed by atoms with E-state index in [-0.39, 0.29) is 0 Å². The van der Waals surface area contributed by atoms with Crippen LogP contribution in [0.3, 0.4) is 0 Å². The van der Waals surface area contributed by atoms with Crippen LogP contribution in [-0.2, 0) is 11.3 Å². The molecule has 0 radical (unpaired) electrons. The van der Waals surface area contributed by atoms with Crippen LogP contribution in [0.4, 0.5) is 11.6 Å². The molecule has 0 bridgehead atoms. The average Bonchev–Trinajstić information content (AvgIpc) is 2.99. The van der Waals surface area contributed by atoms with E-state index in [9.17, 15) is 0 Å². The molecule has 3 aromatic rings. The quantitative estimate of drug-likeness (QED) is 0.773. The van der Waals surface area contributed by atoms with E-state index in [0.717, 1.165) is 22.9 Å². The van der Waals surface area contributed by atoms with Crippen molar-refractivity contribution in [3.05, 3.63) is 72.6 Å². The van der Waals surface area contributed by atoms with Gasteiger partial charge >= 0.3 is 0 Å². The molecule has 0 saturated carbocycles. The molecule has 0 aliphatic carbocycles. The Morgan fingerprint density at radius 1 is 1.05 bits per heavy atom. The van der Waals surface area contributed by atoms with E-state index in [1.165, 1.54) is 0 Å². The van der Waals surface area contributed by atoms with Gasteiger partial charge in [0.15, 0.2) is 0 Å². The van der Waals surface area contributed by atoms with Gasteiger partial charge in [0.25, 0.3) is 0 Å². The molecule has 1 N–H and O–H groups in total. The highest BCUT2D eigenvalue weighted by Crippen LogP contribution is 2.22. The van der Waals surface area contributed by atoms with E-state index >= 15 is 0 Å². The van der Waals surface area contributed by atoms with E-state index in [1.807, 2.05) is 65.4 Å². The van der Waals surface area contributed by atoms with Gasteiger partial charge in [0.1, 0.15) is 0 Å². The highest BCUT2D eigenvalue weighted by atomic mass is 16.5. The van der Waals surface area contributed by atoms with Crippen molar-refractivity contribution in [2.24, 2.45) is 0 Å². The fourth-order valence-electron chi connectivity index (χ4n) is 2.24. The number of nitrogens with zero attached hydrogens (tertiary/aromatic N) is 2. The molecule has 1 heterocycles. The van der Waals surface area contributed by atoms with Crippen LogP contribution in [0.25, 0.3) is 5.69 Å². The van der Waals surface area contributed by atoms with Gasteiger partial charge in [0.05, 0.1) is 6.61 Å². The Labute approximate surface area is 124 Å². The zero-order valence-electron chi connectivity index (χ0n) is 11.9. The van der Waals surface area contributed by atoms with Crippen LogP contribution in [0.1, 0.15) is 5.56 Å². The lowest BCUT2D eigenvalue weighted by Gasteiger charge is -2.13. The number of rotatable bonds is 5. The molecule has 21 heavy (non-hydrogen) atoms. The number of ether oxygens (including phenoxy) is 1. The molecule has 2 aromatic carbocycles. The molecule has 1 aromatic heterocycles.